The predicted octanol–water partition coefficient (Wildman–Crippen LogP) is 5.56. The summed E-state index contributed by atoms with van der Waals surface area (Å²) in [5.41, 5.74) is 3.67. The molecule has 0 bridgehead atoms. The van der Waals surface area contributed by atoms with Gasteiger partial charge in [0, 0.05) is 39.0 Å². The van der Waals surface area contributed by atoms with Crippen LogP contribution in [0.4, 0.5) is 5.69 Å². The highest BCUT2D eigenvalue weighted by atomic mass is 16.5. The van der Waals surface area contributed by atoms with Gasteiger partial charge in [-0.1, -0.05) is 34.6 Å². The fourth-order valence-electron chi connectivity index (χ4n) is 6.07. The van der Waals surface area contributed by atoms with E-state index >= 15 is 0 Å². The second-order valence-electron chi connectivity index (χ2n) is 11.0. The van der Waals surface area contributed by atoms with E-state index in [0.29, 0.717) is 30.0 Å². The van der Waals surface area contributed by atoms with Gasteiger partial charge in [-0.25, -0.2) is 0 Å². The number of hydrogen-bond donors (Lipinski definition) is 0. The first kappa shape index (κ1) is 23.4. The fourth-order valence-corrected chi connectivity index (χ4v) is 6.07. The molecule has 4 heteroatoms. The Bertz CT molecular complexity index is 662. The molecular formula is C26H44N2O2. The van der Waals surface area contributed by atoms with Gasteiger partial charge in [0.25, 0.3) is 0 Å². The van der Waals surface area contributed by atoms with Gasteiger partial charge in [-0.3, -0.25) is 4.90 Å². The molecule has 0 radical (unpaired) electrons. The van der Waals surface area contributed by atoms with Crippen molar-refractivity contribution in [3.05, 3.63) is 23.8 Å². The van der Waals surface area contributed by atoms with Crippen LogP contribution in [-0.2, 0) is 4.74 Å². The molecule has 0 N–H and O–H groups in total. The van der Waals surface area contributed by atoms with Crippen LogP contribution < -0.4 is 9.64 Å². The number of piperazine rings is 1. The number of hydrogen-bond acceptors (Lipinski definition) is 4. The van der Waals surface area contributed by atoms with Crippen LogP contribution in [-0.4, -0.2) is 57.9 Å². The standard InChI is InChI=1S/C26H44N2O2/c1-7-10-27-11-13-28(14-12-27)24-9-8-22(30-16-15-29-6)17-23(24)21-18-25(2,3)20-26(4,5)19-21/h8-9,17,21H,7,10-16,18-20H2,1-6H3. The van der Waals surface area contributed by atoms with E-state index in [4.69, 9.17) is 9.47 Å². The van der Waals surface area contributed by atoms with Crippen molar-refractivity contribution >= 4 is 5.69 Å². The van der Waals surface area contributed by atoms with Gasteiger partial charge in [0.1, 0.15) is 12.4 Å². The first-order valence-electron chi connectivity index (χ1n) is 12.0. The second-order valence-corrected chi connectivity index (χ2v) is 11.0. The minimum absolute atomic E-state index is 0.371. The topological polar surface area (TPSA) is 24.9 Å². The van der Waals surface area contributed by atoms with Crippen molar-refractivity contribution in [1.82, 2.24) is 4.90 Å². The zero-order valence-electron chi connectivity index (χ0n) is 20.3. The molecule has 1 aliphatic heterocycles. The summed E-state index contributed by atoms with van der Waals surface area (Å²) < 4.78 is 11.2. The highest BCUT2D eigenvalue weighted by Gasteiger charge is 2.40. The maximum atomic E-state index is 6.02. The normalized spacial score (nSPS) is 22.3. The zero-order valence-corrected chi connectivity index (χ0v) is 20.3. The molecule has 3 rings (SSSR count). The van der Waals surface area contributed by atoms with Crippen LogP contribution in [0.1, 0.15) is 71.8 Å². The minimum Gasteiger partial charge on any atom is -0.491 e. The van der Waals surface area contributed by atoms with Crippen LogP contribution >= 0.6 is 0 Å². The lowest BCUT2D eigenvalue weighted by molar-refractivity contribution is 0.0968. The van der Waals surface area contributed by atoms with Crippen molar-refractivity contribution in [3.8, 4) is 5.75 Å². The molecular weight excluding hydrogens is 372 g/mol. The summed E-state index contributed by atoms with van der Waals surface area (Å²) in [6.07, 6.45) is 5.04. The van der Waals surface area contributed by atoms with Crippen molar-refractivity contribution < 1.29 is 9.47 Å². The monoisotopic (exact) mass is 416 g/mol. The summed E-state index contributed by atoms with van der Waals surface area (Å²) in [5.74, 6) is 1.56. The lowest BCUT2D eigenvalue weighted by Gasteiger charge is -2.46. The summed E-state index contributed by atoms with van der Waals surface area (Å²) in [4.78, 5) is 5.22. The van der Waals surface area contributed by atoms with Crippen LogP contribution in [0.15, 0.2) is 18.2 Å². The van der Waals surface area contributed by atoms with Gasteiger partial charge in [-0.15, -0.1) is 0 Å². The summed E-state index contributed by atoms with van der Waals surface area (Å²) in [6.45, 7) is 19.1. The molecule has 1 aliphatic carbocycles. The summed E-state index contributed by atoms with van der Waals surface area (Å²) in [7, 11) is 1.72. The van der Waals surface area contributed by atoms with Gasteiger partial charge < -0.3 is 14.4 Å². The number of ether oxygens (including phenoxy) is 2. The van der Waals surface area contributed by atoms with Crippen molar-refractivity contribution in [1.29, 1.82) is 0 Å². The molecule has 4 nitrogen and oxygen atoms in total. The molecule has 170 valence electrons. The van der Waals surface area contributed by atoms with E-state index in [0.717, 1.165) is 18.8 Å². The number of anilines is 1. The molecule has 1 saturated carbocycles. The molecule has 0 amide bonds. The zero-order chi connectivity index (χ0) is 21.8. The maximum absolute atomic E-state index is 6.02. The summed E-state index contributed by atoms with van der Waals surface area (Å²) in [6, 6.07) is 6.82. The average Bonchev–Trinajstić information content (AvgIpc) is 2.67. The number of methoxy groups -OCH3 is 1. The highest BCUT2D eigenvalue weighted by Crippen LogP contribution is 2.53. The van der Waals surface area contributed by atoms with Crippen molar-refractivity contribution in [2.75, 3.05) is 57.9 Å². The van der Waals surface area contributed by atoms with E-state index in [1.165, 1.54) is 56.6 Å². The van der Waals surface area contributed by atoms with Crippen LogP contribution in [0.5, 0.6) is 5.75 Å². The lowest BCUT2D eigenvalue weighted by Crippen LogP contribution is -2.47. The lowest BCUT2D eigenvalue weighted by atomic mass is 9.60. The number of rotatable bonds is 8. The molecule has 1 aromatic carbocycles. The molecule has 0 spiro atoms. The molecule has 0 aromatic heterocycles. The van der Waals surface area contributed by atoms with Crippen molar-refractivity contribution in [3.63, 3.8) is 0 Å². The maximum Gasteiger partial charge on any atom is 0.119 e. The molecule has 30 heavy (non-hydrogen) atoms. The van der Waals surface area contributed by atoms with Gasteiger partial charge >= 0.3 is 0 Å². The Morgan fingerprint density at radius 1 is 0.967 bits per heavy atom. The molecule has 1 aromatic rings. The van der Waals surface area contributed by atoms with E-state index in [1.54, 1.807) is 7.11 Å². The van der Waals surface area contributed by atoms with Crippen molar-refractivity contribution in [2.24, 2.45) is 10.8 Å². The fraction of sp³-hybridized carbons (Fsp3) is 0.769. The summed E-state index contributed by atoms with van der Waals surface area (Å²) >= 11 is 0. The van der Waals surface area contributed by atoms with E-state index in [2.05, 4.69) is 62.6 Å². The van der Waals surface area contributed by atoms with Gasteiger partial charge in [0.2, 0.25) is 0 Å². The molecule has 2 fully saturated rings. The molecule has 2 aliphatic rings. The molecule has 0 unspecified atom stereocenters. The Hall–Kier alpha value is -1.26. The van der Waals surface area contributed by atoms with E-state index < -0.39 is 0 Å². The van der Waals surface area contributed by atoms with Crippen LogP contribution in [0.25, 0.3) is 0 Å². The summed E-state index contributed by atoms with van der Waals surface area (Å²) in [5, 5.41) is 0. The average molecular weight is 417 g/mol. The van der Waals surface area contributed by atoms with E-state index in [-0.39, 0.29) is 0 Å². The smallest absolute Gasteiger partial charge is 0.119 e. The van der Waals surface area contributed by atoms with Gasteiger partial charge in [0.15, 0.2) is 0 Å². The van der Waals surface area contributed by atoms with E-state index in [9.17, 15) is 0 Å². The van der Waals surface area contributed by atoms with Gasteiger partial charge in [-0.05, 0) is 72.7 Å². The number of nitrogens with zero attached hydrogens (tertiary/aromatic N) is 2. The van der Waals surface area contributed by atoms with Crippen LogP contribution in [0.3, 0.4) is 0 Å². The second kappa shape index (κ2) is 9.91. The third kappa shape index (κ3) is 6.13. The SMILES string of the molecule is CCCN1CCN(c2ccc(OCCOC)cc2C2CC(C)(C)CC(C)(C)C2)CC1. The Morgan fingerprint density at radius 2 is 1.63 bits per heavy atom. The van der Waals surface area contributed by atoms with Crippen molar-refractivity contribution in [2.45, 2.75) is 66.2 Å². The Kier molecular flexibility index (Phi) is 7.73. The molecule has 1 heterocycles. The van der Waals surface area contributed by atoms with Gasteiger partial charge in [-0.2, -0.15) is 0 Å². The van der Waals surface area contributed by atoms with E-state index in [1.807, 2.05) is 0 Å². The largest absolute Gasteiger partial charge is 0.491 e. The number of benzene rings is 1. The third-order valence-electron chi connectivity index (χ3n) is 6.80. The van der Waals surface area contributed by atoms with Gasteiger partial charge in [0.05, 0.1) is 6.61 Å². The molecule has 0 atom stereocenters. The third-order valence-corrected chi connectivity index (χ3v) is 6.80. The van der Waals surface area contributed by atoms with Crippen LogP contribution in [0.2, 0.25) is 0 Å². The predicted molar refractivity (Wildman–Crippen MR) is 127 cm³/mol. The first-order chi connectivity index (χ1) is 14.2. The van der Waals surface area contributed by atoms with Crippen LogP contribution in [0, 0.1) is 10.8 Å². The Balaban J connectivity index is 1.86. The Labute approximate surface area is 184 Å². The highest BCUT2D eigenvalue weighted by molar-refractivity contribution is 5.58. The quantitative estimate of drug-likeness (QED) is 0.518. The first-order valence-corrected chi connectivity index (χ1v) is 12.0. The Morgan fingerprint density at radius 3 is 2.23 bits per heavy atom. The molecule has 1 saturated heterocycles. The minimum atomic E-state index is 0.371.